The van der Waals surface area contributed by atoms with E-state index in [2.05, 4.69) is 38.5 Å². The van der Waals surface area contributed by atoms with Crippen molar-refractivity contribution in [1.82, 2.24) is 19.7 Å². The van der Waals surface area contributed by atoms with Crippen LogP contribution < -0.4 is 5.32 Å². The van der Waals surface area contributed by atoms with E-state index in [0.29, 0.717) is 11.7 Å². The number of nitrogens with one attached hydrogen (secondary N) is 1. The van der Waals surface area contributed by atoms with Gasteiger partial charge in [-0.15, -0.1) is 0 Å². The lowest BCUT2D eigenvalue weighted by molar-refractivity contribution is -0.121. The van der Waals surface area contributed by atoms with E-state index in [9.17, 15) is 4.79 Å². The van der Waals surface area contributed by atoms with Crippen molar-refractivity contribution in [2.24, 2.45) is 18.9 Å². The molecule has 0 unspecified atom stereocenters. The molecule has 168 valence electrons. The number of hydrogen-bond acceptors (Lipinski definition) is 5. The number of fused-ring (bicyclic) bond motifs is 1. The number of hydrogen-bond donors (Lipinski definition) is 1. The van der Waals surface area contributed by atoms with Crippen LogP contribution in [0.4, 0.5) is 5.82 Å². The van der Waals surface area contributed by atoms with E-state index in [0.717, 1.165) is 80.4 Å². The Morgan fingerprint density at radius 2 is 1.88 bits per heavy atom. The van der Waals surface area contributed by atoms with Crippen LogP contribution in [0.3, 0.4) is 0 Å². The van der Waals surface area contributed by atoms with Gasteiger partial charge in [-0.3, -0.25) is 14.4 Å². The van der Waals surface area contributed by atoms with E-state index in [4.69, 9.17) is 4.74 Å². The van der Waals surface area contributed by atoms with Crippen molar-refractivity contribution < 1.29 is 9.53 Å². The zero-order chi connectivity index (χ0) is 21.9. The molecule has 1 aromatic carbocycles. The molecule has 32 heavy (non-hydrogen) atoms. The van der Waals surface area contributed by atoms with Crippen molar-refractivity contribution in [2.45, 2.75) is 25.7 Å². The zero-order valence-electron chi connectivity index (χ0n) is 18.7. The lowest BCUT2D eigenvalue weighted by Crippen LogP contribution is -2.40. The first-order valence-electron chi connectivity index (χ1n) is 11.6. The number of carbonyl (C=O) groups excluding carboxylic acids is 1. The SMILES string of the molecule is Cn1cc(-c2ccc3cnc(NC(=O)C4CCC(CN5CCOCC5)CC4)cc3c2)cn1. The normalized spacial score (nSPS) is 22.2. The Bertz CT molecular complexity index is 1080. The maximum Gasteiger partial charge on any atom is 0.228 e. The van der Waals surface area contributed by atoms with Gasteiger partial charge in [-0.25, -0.2) is 4.98 Å². The quantitative estimate of drug-likeness (QED) is 0.664. The summed E-state index contributed by atoms with van der Waals surface area (Å²) in [5, 5.41) is 9.44. The van der Waals surface area contributed by atoms with Crippen molar-refractivity contribution in [3.05, 3.63) is 42.9 Å². The molecule has 1 saturated carbocycles. The summed E-state index contributed by atoms with van der Waals surface area (Å²) in [5.74, 6) is 1.50. The minimum atomic E-state index is 0.0789. The highest BCUT2D eigenvalue weighted by Crippen LogP contribution is 2.31. The number of aryl methyl sites for hydroxylation is 1. The molecule has 2 aliphatic rings. The van der Waals surface area contributed by atoms with Crippen LogP contribution in [0.2, 0.25) is 0 Å². The Morgan fingerprint density at radius 1 is 1.06 bits per heavy atom. The van der Waals surface area contributed by atoms with Gasteiger partial charge in [0.05, 0.1) is 19.4 Å². The molecule has 2 fully saturated rings. The van der Waals surface area contributed by atoms with Crippen LogP contribution in [0.1, 0.15) is 25.7 Å². The summed E-state index contributed by atoms with van der Waals surface area (Å²) in [5.41, 5.74) is 2.18. The lowest BCUT2D eigenvalue weighted by atomic mass is 9.81. The van der Waals surface area contributed by atoms with E-state index < -0.39 is 0 Å². The first kappa shape index (κ1) is 21.1. The average molecular weight is 434 g/mol. The number of pyridine rings is 1. The minimum Gasteiger partial charge on any atom is -0.379 e. The topological polar surface area (TPSA) is 72.3 Å². The predicted octanol–water partition coefficient (Wildman–Crippen LogP) is 3.71. The highest BCUT2D eigenvalue weighted by molar-refractivity contribution is 5.95. The molecule has 0 bridgehead atoms. The Morgan fingerprint density at radius 3 is 2.62 bits per heavy atom. The molecule has 1 saturated heterocycles. The summed E-state index contributed by atoms with van der Waals surface area (Å²) < 4.78 is 7.25. The molecule has 1 N–H and O–H groups in total. The molecular formula is C25H31N5O2. The molecule has 5 rings (SSSR count). The van der Waals surface area contributed by atoms with Crippen molar-refractivity contribution in [2.75, 3.05) is 38.2 Å². The van der Waals surface area contributed by atoms with Crippen LogP contribution in [-0.4, -0.2) is 58.4 Å². The van der Waals surface area contributed by atoms with Crippen LogP contribution in [0, 0.1) is 11.8 Å². The number of nitrogens with zero attached hydrogens (tertiary/aromatic N) is 4. The monoisotopic (exact) mass is 433 g/mol. The summed E-state index contributed by atoms with van der Waals surface area (Å²) in [7, 11) is 1.91. The lowest BCUT2D eigenvalue weighted by Gasteiger charge is -2.34. The summed E-state index contributed by atoms with van der Waals surface area (Å²) in [4.78, 5) is 19.9. The fraction of sp³-hybridized carbons (Fsp3) is 0.480. The number of ether oxygens (including phenoxy) is 1. The van der Waals surface area contributed by atoms with Gasteiger partial charge in [0.15, 0.2) is 0 Å². The molecule has 3 aromatic rings. The zero-order valence-corrected chi connectivity index (χ0v) is 18.7. The van der Waals surface area contributed by atoms with Crippen molar-refractivity contribution >= 4 is 22.5 Å². The van der Waals surface area contributed by atoms with Gasteiger partial charge in [-0.05, 0) is 54.7 Å². The minimum absolute atomic E-state index is 0.0789. The first-order valence-corrected chi connectivity index (χ1v) is 11.6. The Balaban J connectivity index is 1.20. The Hall–Kier alpha value is -2.77. The fourth-order valence-electron chi connectivity index (χ4n) is 4.94. The van der Waals surface area contributed by atoms with E-state index in [1.807, 2.05) is 31.7 Å². The number of anilines is 1. The fourth-order valence-corrected chi connectivity index (χ4v) is 4.94. The molecule has 0 atom stereocenters. The summed E-state index contributed by atoms with van der Waals surface area (Å²) in [6.45, 7) is 4.91. The summed E-state index contributed by atoms with van der Waals surface area (Å²) in [6, 6.07) is 8.23. The number of benzene rings is 1. The molecule has 7 nitrogen and oxygen atoms in total. The predicted molar refractivity (Wildman–Crippen MR) is 125 cm³/mol. The standard InChI is InChI=1S/C25H31N5O2/c1-29-17-23(15-27-29)20-6-7-21-14-26-24(13-22(21)12-20)28-25(31)19-4-2-18(3-5-19)16-30-8-10-32-11-9-30/h6-7,12-15,17-19H,2-5,8-11,16H2,1H3,(H,26,28,31). The third-order valence-corrected chi connectivity index (χ3v) is 6.85. The second-order valence-electron chi connectivity index (χ2n) is 9.15. The van der Waals surface area contributed by atoms with Gasteiger partial charge in [0.25, 0.3) is 0 Å². The molecule has 0 radical (unpaired) electrons. The van der Waals surface area contributed by atoms with Crippen molar-refractivity contribution in [1.29, 1.82) is 0 Å². The average Bonchev–Trinajstić information content (AvgIpc) is 3.26. The molecule has 3 heterocycles. The Kier molecular flexibility index (Phi) is 6.19. The largest absolute Gasteiger partial charge is 0.379 e. The second-order valence-corrected chi connectivity index (χ2v) is 9.15. The molecule has 1 aliphatic heterocycles. The van der Waals surface area contributed by atoms with E-state index >= 15 is 0 Å². The van der Waals surface area contributed by atoms with Gasteiger partial charge in [0, 0.05) is 55.9 Å². The number of rotatable bonds is 5. The van der Waals surface area contributed by atoms with Gasteiger partial charge in [-0.1, -0.05) is 12.1 Å². The highest BCUT2D eigenvalue weighted by Gasteiger charge is 2.28. The number of amides is 1. The summed E-state index contributed by atoms with van der Waals surface area (Å²) >= 11 is 0. The van der Waals surface area contributed by atoms with Gasteiger partial charge < -0.3 is 10.1 Å². The number of aromatic nitrogens is 3. The molecule has 1 aliphatic carbocycles. The van der Waals surface area contributed by atoms with Crippen LogP contribution in [0.15, 0.2) is 42.9 Å². The molecule has 7 heteroatoms. The Labute approximate surface area is 188 Å². The summed E-state index contributed by atoms with van der Waals surface area (Å²) in [6.07, 6.45) is 9.85. The van der Waals surface area contributed by atoms with Gasteiger partial charge in [0.2, 0.25) is 5.91 Å². The van der Waals surface area contributed by atoms with E-state index in [1.54, 1.807) is 4.68 Å². The van der Waals surface area contributed by atoms with Crippen LogP contribution >= 0.6 is 0 Å². The van der Waals surface area contributed by atoms with Crippen LogP contribution in [-0.2, 0) is 16.6 Å². The highest BCUT2D eigenvalue weighted by atomic mass is 16.5. The maximum absolute atomic E-state index is 12.9. The molecule has 1 amide bonds. The maximum atomic E-state index is 12.9. The van der Waals surface area contributed by atoms with E-state index in [-0.39, 0.29) is 11.8 Å². The molecule has 0 spiro atoms. The molecular weight excluding hydrogens is 402 g/mol. The smallest absolute Gasteiger partial charge is 0.228 e. The first-order chi connectivity index (χ1) is 15.6. The van der Waals surface area contributed by atoms with Gasteiger partial charge in [0.1, 0.15) is 5.82 Å². The molecule has 2 aromatic heterocycles. The number of morpholine rings is 1. The third-order valence-electron chi connectivity index (χ3n) is 6.85. The third kappa shape index (κ3) is 4.84. The number of carbonyl (C=O) groups is 1. The van der Waals surface area contributed by atoms with Crippen molar-refractivity contribution in [3.8, 4) is 11.1 Å². The van der Waals surface area contributed by atoms with Crippen LogP contribution in [0.25, 0.3) is 21.9 Å². The second kappa shape index (κ2) is 9.38. The van der Waals surface area contributed by atoms with E-state index in [1.165, 1.54) is 0 Å². The van der Waals surface area contributed by atoms with Crippen LogP contribution in [0.5, 0.6) is 0 Å². The van der Waals surface area contributed by atoms with Gasteiger partial charge >= 0.3 is 0 Å². The van der Waals surface area contributed by atoms with Crippen molar-refractivity contribution in [3.63, 3.8) is 0 Å². The van der Waals surface area contributed by atoms with Gasteiger partial charge in [-0.2, -0.15) is 5.10 Å².